The molecule has 1 fully saturated rings. The van der Waals surface area contributed by atoms with Gasteiger partial charge in [0.2, 0.25) is 5.91 Å². The SMILES string of the molecule is CC(C)C[C@@H](C(=O)OC(C)(C)C)N1C(=O)CC[C@@H]1[C@@H](NC(=O)OCc1ccccc1)C(C)C. The molecule has 3 atom stereocenters. The average molecular weight is 461 g/mol. The molecular formula is C26H40N2O5. The summed E-state index contributed by atoms with van der Waals surface area (Å²) >= 11 is 0. The minimum atomic E-state index is -0.687. The van der Waals surface area contributed by atoms with Gasteiger partial charge >= 0.3 is 12.1 Å². The van der Waals surface area contributed by atoms with Gasteiger partial charge in [-0.05, 0) is 51.0 Å². The summed E-state index contributed by atoms with van der Waals surface area (Å²) < 4.78 is 11.1. The van der Waals surface area contributed by atoms with Crippen LogP contribution < -0.4 is 5.32 Å². The van der Waals surface area contributed by atoms with E-state index >= 15 is 0 Å². The van der Waals surface area contributed by atoms with Crippen LogP contribution in [0, 0.1) is 11.8 Å². The molecule has 0 aliphatic carbocycles. The lowest BCUT2D eigenvalue weighted by Gasteiger charge is -2.39. The van der Waals surface area contributed by atoms with Gasteiger partial charge in [-0.1, -0.05) is 58.0 Å². The van der Waals surface area contributed by atoms with E-state index in [1.165, 1.54) is 0 Å². The number of likely N-dealkylation sites (tertiary alicyclic amines) is 1. The molecule has 7 nitrogen and oxygen atoms in total. The van der Waals surface area contributed by atoms with E-state index in [1.54, 1.807) is 4.90 Å². The summed E-state index contributed by atoms with van der Waals surface area (Å²) in [6, 6.07) is 8.12. The number of hydrogen-bond acceptors (Lipinski definition) is 5. The number of amides is 2. The largest absolute Gasteiger partial charge is 0.458 e. The normalized spacial score (nSPS) is 18.4. The summed E-state index contributed by atoms with van der Waals surface area (Å²) in [5.41, 5.74) is 0.245. The van der Waals surface area contributed by atoms with E-state index in [2.05, 4.69) is 5.32 Å². The van der Waals surface area contributed by atoms with Gasteiger partial charge in [0.1, 0.15) is 18.2 Å². The summed E-state index contributed by atoms with van der Waals surface area (Å²) in [4.78, 5) is 40.4. The van der Waals surface area contributed by atoms with Crippen molar-refractivity contribution >= 4 is 18.0 Å². The summed E-state index contributed by atoms with van der Waals surface area (Å²) in [6.45, 7) is 13.7. The molecule has 2 amide bonds. The van der Waals surface area contributed by atoms with Crippen LogP contribution in [0.5, 0.6) is 0 Å². The van der Waals surface area contributed by atoms with Crippen molar-refractivity contribution in [3.05, 3.63) is 35.9 Å². The second-order valence-electron chi connectivity index (χ2n) is 10.6. The molecule has 1 aliphatic rings. The number of nitrogens with zero attached hydrogens (tertiary/aromatic N) is 1. The first kappa shape index (κ1) is 26.7. The van der Waals surface area contributed by atoms with Gasteiger partial charge in [-0.2, -0.15) is 0 Å². The number of ether oxygens (including phenoxy) is 2. The van der Waals surface area contributed by atoms with E-state index in [4.69, 9.17) is 9.47 Å². The predicted molar refractivity (Wildman–Crippen MR) is 127 cm³/mol. The van der Waals surface area contributed by atoms with Gasteiger partial charge in [0.15, 0.2) is 0 Å². The monoisotopic (exact) mass is 460 g/mol. The van der Waals surface area contributed by atoms with Crippen LogP contribution >= 0.6 is 0 Å². The Morgan fingerprint density at radius 2 is 1.76 bits per heavy atom. The van der Waals surface area contributed by atoms with Crippen LogP contribution in [-0.2, 0) is 25.7 Å². The molecule has 0 aromatic heterocycles. The molecule has 2 rings (SSSR count). The molecule has 1 N–H and O–H groups in total. The van der Waals surface area contributed by atoms with Crippen molar-refractivity contribution in [3.8, 4) is 0 Å². The number of nitrogens with one attached hydrogen (secondary N) is 1. The van der Waals surface area contributed by atoms with E-state index in [9.17, 15) is 14.4 Å². The highest BCUT2D eigenvalue weighted by Crippen LogP contribution is 2.31. The lowest BCUT2D eigenvalue weighted by atomic mass is 9.92. The molecule has 0 spiro atoms. The highest BCUT2D eigenvalue weighted by atomic mass is 16.6. The quantitative estimate of drug-likeness (QED) is 0.541. The Morgan fingerprint density at radius 3 is 2.30 bits per heavy atom. The first-order valence-corrected chi connectivity index (χ1v) is 11.9. The van der Waals surface area contributed by atoms with Crippen molar-refractivity contribution in [2.75, 3.05) is 0 Å². The average Bonchev–Trinajstić information content (AvgIpc) is 3.08. The maximum absolute atomic E-state index is 13.1. The van der Waals surface area contributed by atoms with Gasteiger partial charge in [-0.25, -0.2) is 9.59 Å². The summed E-state index contributed by atoms with van der Waals surface area (Å²) in [5.74, 6) is -0.254. The number of rotatable bonds is 9. The van der Waals surface area contributed by atoms with Crippen molar-refractivity contribution in [2.45, 2.75) is 98.1 Å². The zero-order valence-electron chi connectivity index (χ0n) is 21.1. The van der Waals surface area contributed by atoms with E-state index in [1.807, 2.05) is 78.8 Å². The molecule has 0 unspecified atom stereocenters. The van der Waals surface area contributed by atoms with Crippen molar-refractivity contribution in [2.24, 2.45) is 11.8 Å². The third-order valence-electron chi connectivity index (χ3n) is 5.64. The molecule has 0 radical (unpaired) electrons. The van der Waals surface area contributed by atoms with E-state index in [0.29, 0.717) is 19.3 Å². The molecule has 0 saturated carbocycles. The highest BCUT2D eigenvalue weighted by Gasteiger charge is 2.45. The third kappa shape index (κ3) is 8.06. The van der Waals surface area contributed by atoms with Gasteiger partial charge in [-0.3, -0.25) is 4.79 Å². The Balaban J connectivity index is 2.20. The lowest BCUT2D eigenvalue weighted by Crippen LogP contribution is -2.57. The number of carbonyl (C=O) groups excluding carboxylic acids is 3. The van der Waals surface area contributed by atoms with Crippen LogP contribution in [-0.4, -0.2) is 46.6 Å². The van der Waals surface area contributed by atoms with Gasteiger partial charge < -0.3 is 19.7 Å². The second kappa shape index (κ2) is 11.5. The molecule has 1 saturated heterocycles. The van der Waals surface area contributed by atoms with Crippen molar-refractivity contribution < 1.29 is 23.9 Å². The highest BCUT2D eigenvalue weighted by molar-refractivity contribution is 5.86. The van der Waals surface area contributed by atoms with E-state index in [0.717, 1.165) is 5.56 Å². The third-order valence-corrected chi connectivity index (χ3v) is 5.64. The Bertz CT molecular complexity index is 801. The fraction of sp³-hybridized carbons (Fsp3) is 0.654. The first-order chi connectivity index (χ1) is 15.4. The fourth-order valence-electron chi connectivity index (χ4n) is 4.23. The molecule has 1 aromatic carbocycles. The Kier molecular flexibility index (Phi) is 9.32. The Morgan fingerprint density at radius 1 is 1.12 bits per heavy atom. The molecule has 1 aromatic rings. The predicted octanol–water partition coefficient (Wildman–Crippen LogP) is 4.68. The fourth-order valence-corrected chi connectivity index (χ4v) is 4.23. The topological polar surface area (TPSA) is 84.9 Å². The van der Waals surface area contributed by atoms with Crippen LogP contribution in [0.4, 0.5) is 4.79 Å². The van der Waals surface area contributed by atoms with Gasteiger partial charge in [0.25, 0.3) is 0 Å². The van der Waals surface area contributed by atoms with Crippen LogP contribution in [0.3, 0.4) is 0 Å². The summed E-state index contributed by atoms with van der Waals surface area (Å²) in [5, 5.41) is 2.97. The number of esters is 1. The molecule has 1 heterocycles. The van der Waals surface area contributed by atoms with Crippen molar-refractivity contribution in [1.82, 2.24) is 10.2 Å². The van der Waals surface area contributed by atoms with Crippen LogP contribution in [0.1, 0.15) is 73.3 Å². The van der Waals surface area contributed by atoms with Crippen LogP contribution in [0.25, 0.3) is 0 Å². The molecule has 184 valence electrons. The van der Waals surface area contributed by atoms with Crippen molar-refractivity contribution in [1.29, 1.82) is 0 Å². The first-order valence-electron chi connectivity index (χ1n) is 11.9. The molecule has 0 bridgehead atoms. The Hall–Kier alpha value is -2.57. The zero-order chi connectivity index (χ0) is 24.8. The number of alkyl carbamates (subject to hydrolysis) is 1. The summed E-state index contributed by atoms with van der Waals surface area (Å²) in [7, 11) is 0. The van der Waals surface area contributed by atoms with E-state index < -0.39 is 23.7 Å². The van der Waals surface area contributed by atoms with Gasteiger partial charge in [0.05, 0.1) is 12.1 Å². The molecular weight excluding hydrogens is 420 g/mol. The smallest absolute Gasteiger partial charge is 0.407 e. The molecule has 33 heavy (non-hydrogen) atoms. The zero-order valence-corrected chi connectivity index (χ0v) is 21.1. The lowest BCUT2D eigenvalue weighted by molar-refractivity contribution is -0.166. The molecule has 7 heteroatoms. The number of benzene rings is 1. The Labute approximate surface area is 198 Å². The maximum atomic E-state index is 13.1. The minimum absolute atomic E-state index is 0.0333. The standard InChI is InChI=1S/C26H40N2O5/c1-17(2)15-21(24(30)33-26(5,6)7)28-20(13-14-22(28)29)23(18(3)4)27-25(31)32-16-19-11-9-8-10-12-19/h8-12,17-18,20-21,23H,13-16H2,1-7H3,(H,27,31)/t20-,21+,23+/m1/s1. The van der Waals surface area contributed by atoms with Crippen molar-refractivity contribution in [3.63, 3.8) is 0 Å². The minimum Gasteiger partial charge on any atom is -0.458 e. The van der Waals surface area contributed by atoms with E-state index in [-0.39, 0.29) is 36.4 Å². The maximum Gasteiger partial charge on any atom is 0.407 e. The van der Waals surface area contributed by atoms with Crippen LogP contribution in [0.15, 0.2) is 30.3 Å². The number of carbonyl (C=O) groups is 3. The molecule has 1 aliphatic heterocycles. The van der Waals surface area contributed by atoms with Gasteiger partial charge in [-0.15, -0.1) is 0 Å². The number of hydrogen-bond donors (Lipinski definition) is 1. The second-order valence-corrected chi connectivity index (χ2v) is 10.6. The van der Waals surface area contributed by atoms with Gasteiger partial charge in [0, 0.05) is 6.42 Å². The van der Waals surface area contributed by atoms with Crippen LogP contribution in [0.2, 0.25) is 0 Å². The summed E-state index contributed by atoms with van der Waals surface area (Å²) in [6.07, 6.45) is 0.874.